The molecule has 1 saturated heterocycles. The third kappa shape index (κ3) is 4.07. The molecule has 5 aromatic rings. The molecule has 0 aliphatic carbocycles. The second kappa shape index (κ2) is 9.08. The smallest absolute Gasteiger partial charge is 0.284 e. The molecule has 0 saturated carbocycles. The molecule has 0 radical (unpaired) electrons. The van der Waals surface area contributed by atoms with E-state index in [1.807, 2.05) is 59.4 Å². The Morgan fingerprint density at radius 3 is 2.73 bits per heavy atom. The summed E-state index contributed by atoms with van der Waals surface area (Å²) in [4.78, 5) is 37.4. The SMILES string of the molecule is Cc1c(C(=O)N[C@H]2C[C@H](Cn3ccnc3)N(c3ccc4nccn4n3)C2)c(=O)n(-c2ccccc2)n1C. The summed E-state index contributed by atoms with van der Waals surface area (Å²) in [5.74, 6) is 0.439. The number of fused-ring (bicyclic) bond motifs is 1. The lowest BCUT2D eigenvalue weighted by molar-refractivity contribution is 0.0938. The maximum atomic E-state index is 13.4. The fourth-order valence-corrected chi connectivity index (χ4v) is 5.16. The van der Waals surface area contributed by atoms with Gasteiger partial charge in [-0.3, -0.25) is 14.3 Å². The van der Waals surface area contributed by atoms with Crippen molar-refractivity contribution in [2.45, 2.75) is 32.0 Å². The molecule has 6 rings (SSSR count). The molecule has 188 valence electrons. The third-order valence-corrected chi connectivity index (χ3v) is 7.05. The van der Waals surface area contributed by atoms with Gasteiger partial charge in [0.2, 0.25) is 0 Å². The lowest BCUT2D eigenvalue weighted by Gasteiger charge is -2.25. The van der Waals surface area contributed by atoms with Gasteiger partial charge < -0.3 is 14.8 Å². The standard InChI is InChI=1S/C26H27N9O2/c1-18-24(26(37)35(31(18)2)20-6-4-3-5-7-20)25(36)29-19-14-21(16-32-12-10-27-17-32)33(15-19)23-9-8-22-28-11-13-34(22)30-23/h3-13,17,19,21H,14-16H2,1-2H3,(H,29,36)/t19-,21+/m0/s1. The van der Waals surface area contributed by atoms with Gasteiger partial charge in [-0.25, -0.2) is 19.2 Å². The third-order valence-electron chi connectivity index (χ3n) is 7.05. The van der Waals surface area contributed by atoms with Crippen LogP contribution >= 0.6 is 0 Å². The van der Waals surface area contributed by atoms with E-state index in [0.29, 0.717) is 30.9 Å². The first-order valence-corrected chi connectivity index (χ1v) is 12.2. The minimum atomic E-state index is -0.362. The van der Waals surface area contributed by atoms with E-state index in [4.69, 9.17) is 5.10 Å². The number of carbonyl (C=O) groups is 1. The summed E-state index contributed by atoms with van der Waals surface area (Å²) < 4.78 is 7.02. The van der Waals surface area contributed by atoms with Gasteiger partial charge in [0.15, 0.2) is 5.65 Å². The summed E-state index contributed by atoms with van der Waals surface area (Å²) in [6, 6.07) is 13.1. The zero-order valence-electron chi connectivity index (χ0n) is 20.6. The fourth-order valence-electron chi connectivity index (χ4n) is 5.16. The van der Waals surface area contributed by atoms with Crippen molar-refractivity contribution in [3.05, 3.63) is 95.2 Å². The first-order chi connectivity index (χ1) is 18.0. The Morgan fingerprint density at radius 2 is 1.95 bits per heavy atom. The lowest BCUT2D eigenvalue weighted by Crippen LogP contribution is -2.39. The molecule has 1 N–H and O–H groups in total. The molecule has 11 nitrogen and oxygen atoms in total. The van der Waals surface area contributed by atoms with Crippen LogP contribution < -0.4 is 15.8 Å². The van der Waals surface area contributed by atoms with E-state index < -0.39 is 0 Å². The Balaban J connectivity index is 1.28. The maximum Gasteiger partial charge on any atom is 0.284 e. The van der Waals surface area contributed by atoms with Gasteiger partial charge in [-0.15, -0.1) is 5.10 Å². The first kappa shape index (κ1) is 22.8. The predicted octanol–water partition coefficient (Wildman–Crippen LogP) is 1.80. The number of hydrogen-bond donors (Lipinski definition) is 1. The van der Waals surface area contributed by atoms with Crippen LogP contribution in [0.2, 0.25) is 0 Å². The van der Waals surface area contributed by atoms with Crippen molar-refractivity contribution >= 4 is 17.4 Å². The van der Waals surface area contributed by atoms with Crippen LogP contribution in [0.3, 0.4) is 0 Å². The van der Waals surface area contributed by atoms with Gasteiger partial charge in [-0.2, -0.15) is 0 Å². The van der Waals surface area contributed by atoms with E-state index in [-0.39, 0.29) is 29.1 Å². The predicted molar refractivity (Wildman–Crippen MR) is 138 cm³/mol. The number of aromatic nitrogens is 7. The molecule has 11 heteroatoms. The minimum absolute atomic E-state index is 0.0748. The van der Waals surface area contributed by atoms with Crippen molar-refractivity contribution in [3.63, 3.8) is 0 Å². The number of hydrogen-bond acceptors (Lipinski definition) is 6. The topological polar surface area (TPSA) is 107 Å². The van der Waals surface area contributed by atoms with Gasteiger partial charge in [-0.1, -0.05) is 18.2 Å². The second-order valence-electron chi connectivity index (χ2n) is 9.33. The Kier molecular flexibility index (Phi) is 5.59. The van der Waals surface area contributed by atoms with Gasteiger partial charge in [0.1, 0.15) is 11.4 Å². The van der Waals surface area contributed by atoms with Crippen LogP contribution in [0.15, 0.2) is 78.4 Å². The van der Waals surface area contributed by atoms with E-state index in [9.17, 15) is 9.59 Å². The number of rotatable bonds is 6. The van der Waals surface area contributed by atoms with Gasteiger partial charge in [0, 0.05) is 51.0 Å². The molecule has 0 unspecified atom stereocenters. The summed E-state index contributed by atoms with van der Waals surface area (Å²) in [6.45, 7) is 3.06. The maximum absolute atomic E-state index is 13.4. The van der Waals surface area contributed by atoms with Crippen LogP contribution in [0.1, 0.15) is 22.5 Å². The highest BCUT2D eigenvalue weighted by Crippen LogP contribution is 2.26. The summed E-state index contributed by atoms with van der Waals surface area (Å²) in [6.07, 6.45) is 9.70. The van der Waals surface area contributed by atoms with Crippen LogP contribution in [0.5, 0.6) is 0 Å². The van der Waals surface area contributed by atoms with E-state index in [0.717, 1.165) is 11.5 Å². The number of nitrogens with one attached hydrogen (secondary N) is 1. The number of imidazole rings is 2. The summed E-state index contributed by atoms with van der Waals surface area (Å²) in [5, 5.41) is 7.86. The minimum Gasteiger partial charge on any atom is -0.348 e. The van der Waals surface area contributed by atoms with Crippen molar-refractivity contribution in [1.29, 1.82) is 0 Å². The number of nitrogens with zero attached hydrogens (tertiary/aromatic N) is 8. The molecule has 0 spiro atoms. The summed E-state index contributed by atoms with van der Waals surface area (Å²) >= 11 is 0. The first-order valence-electron chi connectivity index (χ1n) is 12.2. The Morgan fingerprint density at radius 1 is 1.11 bits per heavy atom. The average molecular weight is 498 g/mol. The molecule has 1 aliphatic rings. The number of benzene rings is 1. The van der Waals surface area contributed by atoms with Gasteiger partial charge in [-0.05, 0) is 37.6 Å². The molecule has 1 aliphatic heterocycles. The molecule has 1 fully saturated rings. The largest absolute Gasteiger partial charge is 0.348 e. The number of amides is 1. The molecule has 5 heterocycles. The lowest BCUT2D eigenvalue weighted by atomic mass is 10.1. The summed E-state index contributed by atoms with van der Waals surface area (Å²) in [7, 11) is 1.79. The van der Waals surface area contributed by atoms with Crippen LogP contribution in [-0.2, 0) is 13.6 Å². The average Bonchev–Trinajstić information content (AvgIpc) is 3.68. The highest BCUT2D eigenvalue weighted by atomic mass is 16.2. The van der Waals surface area contributed by atoms with Crippen LogP contribution in [0, 0.1) is 6.92 Å². The molecule has 1 aromatic carbocycles. The van der Waals surface area contributed by atoms with E-state index in [1.54, 1.807) is 41.9 Å². The van der Waals surface area contributed by atoms with Crippen LogP contribution in [-0.4, -0.2) is 58.0 Å². The fraction of sp³-hybridized carbons (Fsp3) is 0.269. The molecule has 4 aromatic heterocycles. The zero-order chi connectivity index (χ0) is 25.5. The molecule has 1 amide bonds. The van der Waals surface area contributed by atoms with Crippen molar-refractivity contribution in [2.75, 3.05) is 11.4 Å². The molecule has 0 bridgehead atoms. The van der Waals surface area contributed by atoms with Gasteiger partial charge in [0.25, 0.3) is 11.5 Å². The van der Waals surface area contributed by atoms with Crippen LogP contribution in [0.4, 0.5) is 5.82 Å². The van der Waals surface area contributed by atoms with E-state index >= 15 is 0 Å². The summed E-state index contributed by atoms with van der Waals surface area (Å²) in [5.41, 5.74) is 1.93. The Labute approximate surface area is 212 Å². The van der Waals surface area contributed by atoms with Crippen molar-refractivity contribution in [3.8, 4) is 5.69 Å². The highest BCUT2D eigenvalue weighted by Gasteiger charge is 2.35. The molecule has 37 heavy (non-hydrogen) atoms. The van der Waals surface area contributed by atoms with Crippen LogP contribution in [0.25, 0.3) is 11.3 Å². The zero-order valence-corrected chi connectivity index (χ0v) is 20.6. The number of anilines is 1. The second-order valence-corrected chi connectivity index (χ2v) is 9.33. The number of carbonyl (C=O) groups excluding carboxylic acids is 1. The quantitative estimate of drug-likeness (QED) is 0.383. The van der Waals surface area contributed by atoms with Gasteiger partial charge >= 0.3 is 0 Å². The van der Waals surface area contributed by atoms with Crippen molar-refractivity contribution in [2.24, 2.45) is 7.05 Å². The van der Waals surface area contributed by atoms with Crippen molar-refractivity contribution < 1.29 is 4.79 Å². The number of para-hydroxylation sites is 1. The molecule has 2 atom stereocenters. The monoisotopic (exact) mass is 497 g/mol. The van der Waals surface area contributed by atoms with E-state index in [2.05, 4.69) is 20.2 Å². The normalized spacial score (nSPS) is 17.5. The Hall–Kier alpha value is -4.67. The van der Waals surface area contributed by atoms with Crippen molar-refractivity contribution in [1.82, 2.24) is 38.8 Å². The van der Waals surface area contributed by atoms with E-state index in [1.165, 1.54) is 4.68 Å². The molecular weight excluding hydrogens is 470 g/mol. The molecular formula is C26H27N9O2. The van der Waals surface area contributed by atoms with Gasteiger partial charge in [0.05, 0.1) is 23.8 Å². The highest BCUT2D eigenvalue weighted by molar-refractivity contribution is 5.95. The Bertz CT molecular complexity index is 1620.